The minimum atomic E-state index is -0.0719. The van der Waals surface area contributed by atoms with Gasteiger partial charge in [0.2, 0.25) is 5.78 Å². The Hall–Kier alpha value is -2.63. The van der Waals surface area contributed by atoms with Crippen LogP contribution in [0.1, 0.15) is 39.9 Å². The van der Waals surface area contributed by atoms with Crippen molar-refractivity contribution in [1.82, 2.24) is 4.90 Å². The number of allylic oxidation sites excluding steroid dienone is 1. The van der Waals surface area contributed by atoms with Crippen molar-refractivity contribution >= 4 is 11.9 Å². The fraction of sp³-hybridized carbons (Fsp3) is 0.348. The second-order valence-corrected chi connectivity index (χ2v) is 7.64. The first-order valence-electron chi connectivity index (χ1n) is 9.81. The molecule has 1 atom stereocenters. The van der Waals surface area contributed by atoms with Gasteiger partial charge in [-0.3, -0.25) is 9.69 Å². The van der Waals surface area contributed by atoms with Crippen LogP contribution >= 0.6 is 0 Å². The van der Waals surface area contributed by atoms with E-state index in [4.69, 9.17) is 14.2 Å². The smallest absolute Gasteiger partial charge is 0.231 e. The molecule has 5 heteroatoms. The molecule has 0 N–H and O–H groups in total. The molecule has 1 saturated heterocycles. The molecule has 0 saturated carbocycles. The molecule has 3 heterocycles. The minimum Gasteiger partial charge on any atom is -0.478 e. The highest BCUT2D eigenvalue weighted by molar-refractivity contribution is 6.15. The van der Waals surface area contributed by atoms with Crippen LogP contribution in [0.15, 0.2) is 42.2 Å². The normalized spacial score (nSPS) is 22.7. The summed E-state index contributed by atoms with van der Waals surface area (Å²) in [5.41, 5.74) is 3.66. The Kier molecular flexibility index (Phi) is 4.41. The van der Waals surface area contributed by atoms with Crippen LogP contribution in [0.5, 0.6) is 11.5 Å². The van der Waals surface area contributed by atoms with Crippen molar-refractivity contribution in [3.63, 3.8) is 0 Å². The van der Waals surface area contributed by atoms with Gasteiger partial charge in [-0.25, -0.2) is 0 Å². The Labute approximate surface area is 164 Å². The molecule has 28 heavy (non-hydrogen) atoms. The summed E-state index contributed by atoms with van der Waals surface area (Å²) in [5, 5.41) is 0. The molecule has 2 aromatic rings. The van der Waals surface area contributed by atoms with E-state index in [1.807, 2.05) is 49.4 Å². The molecular formula is C23H23NO4. The topological polar surface area (TPSA) is 48.0 Å². The number of nitrogens with zero attached hydrogens (tertiary/aromatic N) is 1. The minimum absolute atomic E-state index is 0.0719. The van der Waals surface area contributed by atoms with Crippen LogP contribution in [0.3, 0.4) is 0 Å². The van der Waals surface area contributed by atoms with Crippen molar-refractivity contribution in [3.05, 3.63) is 64.4 Å². The molecule has 3 aliphatic heterocycles. The third-order valence-corrected chi connectivity index (χ3v) is 5.64. The average Bonchev–Trinajstić information content (AvgIpc) is 3.32. The van der Waals surface area contributed by atoms with Crippen LogP contribution in [0.4, 0.5) is 0 Å². The number of carbonyl (C=O) groups is 1. The zero-order valence-electron chi connectivity index (χ0n) is 15.9. The Bertz CT molecular complexity index is 959. The highest BCUT2D eigenvalue weighted by atomic mass is 16.5. The molecule has 0 aromatic heterocycles. The quantitative estimate of drug-likeness (QED) is 0.758. The molecule has 1 unspecified atom stereocenters. The summed E-state index contributed by atoms with van der Waals surface area (Å²) >= 11 is 0. The number of hydrogen-bond donors (Lipinski definition) is 0. The van der Waals surface area contributed by atoms with E-state index in [1.165, 1.54) is 0 Å². The lowest BCUT2D eigenvalue weighted by Gasteiger charge is -2.31. The van der Waals surface area contributed by atoms with Gasteiger partial charge in [0.25, 0.3) is 0 Å². The lowest BCUT2D eigenvalue weighted by Crippen LogP contribution is -2.37. The van der Waals surface area contributed by atoms with Gasteiger partial charge in [-0.15, -0.1) is 0 Å². The Morgan fingerprint density at radius 3 is 2.93 bits per heavy atom. The molecule has 0 amide bonds. The van der Waals surface area contributed by atoms with E-state index in [-0.39, 0.29) is 11.9 Å². The van der Waals surface area contributed by atoms with Crippen molar-refractivity contribution in [2.45, 2.75) is 32.4 Å². The van der Waals surface area contributed by atoms with Crippen molar-refractivity contribution in [3.8, 4) is 11.5 Å². The highest BCUT2D eigenvalue weighted by Gasteiger charge is 2.34. The van der Waals surface area contributed by atoms with Gasteiger partial charge in [-0.1, -0.05) is 24.3 Å². The lowest BCUT2D eigenvalue weighted by atomic mass is 10.0. The zero-order chi connectivity index (χ0) is 19.1. The number of ketones is 1. The molecule has 5 rings (SSSR count). The number of Topliss-reactive ketones (excluding diaryl/α,β-unsaturated/α-hetero) is 1. The molecule has 5 nitrogen and oxygen atoms in total. The van der Waals surface area contributed by atoms with Crippen molar-refractivity contribution in [2.24, 2.45) is 0 Å². The Balaban J connectivity index is 1.43. The molecule has 0 radical (unpaired) electrons. The number of aryl methyl sites for hydroxylation is 1. The van der Waals surface area contributed by atoms with Crippen molar-refractivity contribution < 1.29 is 19.0 Å². The van der Waals surface area contributed by atoms with E-state index in [0.717, 1.165) is 48.4 Å². The number of hydrogen-bond acceptors (Lipinski definition) is 5. The predicted octanol–water partition coefficient (Wildman–Crippen LogP) is 3.94. The van der Waals surface area contributed by atoms with Gasteiger partial charge >= 0.3 is 0 Å². The van der Waals surface area contributed by atoms with E-state index in [9.17, 15) is 4.79 Å². The van der Waals surface area contributed by atoms with Gasteiger partial charge in [-0.2, -0.15) is 0 Å². The zero-order valence-corrected chi connectivity index (χ0v) is 15.9. The second kappa shape index (κ2) is 7.08. The number of fused-ring (bicyclic) bond motifs is 3. The predicted molar refractivity (Wildman–Crippen MR) is 105 cm³/mol. The van der Waals surface area contributed by atoms with Gasteiger partial charge in [0.05, 0.1) is 17.2 Å². The summed E-state index contributed by atoms with van der Waals surface area (Å²) in [6.07, 6.45) is 4.31. The molecular weight excluding hydrogens is 354 g/mol. The fourth-order valence-electron chi connectivity index (χ4n) is 4.09. The molecule has 1 fully saturated rings. The van der Waals surface area contributed by atoms with Crippen LogP contribution in [0.2, 0.25) is 0 Å². The van der Waals surface area contributed by atoms with Crippen LogP contribution in [-0.4, -0.2) is 36.7 Å². The first-order valence-corrected chi connectivity index (χ1v) is 9.81. The maximum absolute atomic E-state index is 12.9. The summed E-state index contributed by atoms with van der Waals surface area (Å²) in [5.74, 6) is 1.73. The first kappa shape index (κ1) is 17.5. The number of rotatable bonds is 3. The molecule has 0 aliphatic carbocycles. The van der Waals surface area contributed by atoms with E-state index < -0.39 is 0 Å². The molecule has 2 aromatic carbocycles. The van der Waals surface area contributed by atoms with Crippen LogP contribution in [0, 0.1) is 6.92 Å². The molecule has 144 valence electrons. The third-order valence-electron chi connectivity index (χ3n) is 5.64. The van der Waals surface area contributed by atoms with E-state index >= 15 is 0 Å². The monoisotopic (exact) mass is 377 g/mol. The summed E-state index contributed by atoms with van der Waals surface area (Å²) in [6, 6.07) is 11.7. The van der Waals surface area contributed by atoms with Gasteiger partial charge in [0.1, 0.15) is 18.2 Å². The largest absolute Gasteiger partial charge is 0.478 e. The maximum atomic E-state index is 12.9. The Morgan fingerprint density at radius 2 is 2.11 bits per heavy atom. The number of benzene rings is 2. The number of ether oxygens (including phenoxy) is 3. The van der Waals surface area contributed by atoms with Gasteiger partial charge < -0.3 is 14.2 Å². The van der Waals surface area contributed by atoms with E-state index in [2.05, 4.69) is 4.90 Å². The highest BCUT2D eigenvalue weighted by Crippen LogP contribution is 2.42. The summed E-state index contributed by atoms with van der Waals surface area (Å²) in [7, 11) is 0. The summed E-state index contributed by atoms with van der Waals surface area (Å²) in [4.78, 5) is 15.1. The van der Waals surface area contributed by atoms with Crippen molar-refractivity contribution in [2.75, 3.05) is 19.9 Å². The summed E-state index contributed by atoms with van der Waals surface area (Å²) in [6.45, 7) is 4.94. The molecule has 3 aliphatic rings. The number of carbonyl (C=O) groups excluding carboxylic acids is 1. The molecule has 0 bridgehead atoms. The van der Waals surface area contributed by atoms with Crippen molar-refractivity contribution in [1.29, 1.82) is 0 Å². The van der Waals surface area contributed by atoms with Gasteiger partial charge in [0, 0.05) is 19.7 Å². The first-order chi connectivity index (χ1) is 13.7. The second-order valence-electron chi connectivity index (χ2n) is 7.64. The lowest BCUT2D eigenvalue weighted by molar-refractivity contribution is 0.0274. The SMILES string of the molecule is Cc1ccccc1/C=C1\Oc2c(ccc3c2CN(CC2CCCO2)CO3)C1=O. The average molecular weight is 377 g/mol. The van der Waals surface area contributed by atoms with E-state index in [0.29, 0.717) is 30.3 Å². The Morgan fingerprint density at radius 1 is 1.21 bits per heavy atom. The van der Waals surface area contributed by atoms with Gasteiger partial charge in [-0.05, 0) is 49.1 Å². The molecule has 0 spiro atoms. The van der Waals surface area contributed by atoms with E-state index in [1.54, 1.807) is 0 Å². The van der Waals surface area contributed by atoms with Crippen LogP contribution in [-0.2, 0) is 11.3 Å². The third kappa shape index (κ3) is 3.11. The fourth-order valence-corrected chi connectivity index (χ4v) is 4.09. The maximum Gasteiger partial charge on any atom is 0.231 e. The standard InChI is InChI=1S/C23H23NO4/c1-15-5-2-3-6-16(15)11-21-22(25)18-8-9-20-19(23(18)28-21)13-24(14-27-20)12-17-7-4-10-26-17/h2-3,5-6,8-9,11,17H,4,7,10,12-14H2,1H3/b21-11-. The summed E-state index contributed by atoms with van der Waals surface area (Å²) < 4.78 is 17.8. The van der Waals surface area contributed by atoms with Gasteiger partial charge in [0.15, 0.2) is 5.76 Å². The van der Waals surface area contributed by atoms with Crippen LogP contribution < -0.4 is 9.47 Å². The van der Waals surface area contributed by atoms with Crippen LogP contribution in [0.25, 0.3) is 6.08 Å².